The van der Waals surface area contributed by atoms with Crippen LogP contribution >= 0.6 is 15.9 Å². The molecule has 0 aliphatic carbocycles. The molecule has 2 nitrogen and oxygen atoms in total. The highest BCUT2D eigenvalue weighted by Crippen LogP contribution is 2.42. The van der Waals surface area contributed by atoms with E-state index in [1.807, 2.05) is 0 Å². The normalized spacial score (nSPS) is 11.9. The number of halogens is 6. The molecular weight excluding hydrogens is 301 g/mol. The zero-order valence-electron chi connectivity index (χ0n) is 7.49. The van der Waals surface area contributed by atoms with Gasteiger partial charge in [-0.25, -0.2) is 0 Å². The molecule has 0 atom stereocenters. The molecule has 1 aromatic carbocycles. The van der Waals surface area contributed by atoms with Gasteiger partial charge in [0.1, 0.15) is 5.75 Å². The summed E-state index contributed by atoms with van der Waals surface area (Å²) in [6.45, 7) is -3.23. The zero-order valence-corrected chi connectivity index (χ0v) is 9.07. The summed E-state index contributed by atoms with van der Waals surface area (Å²) in [6, 6.07) is 1.87. The van der Waals surface area contributed by atoms with E-state index in [0.29, 0.717) is 0 Å². The van der Waals surface area contributed by atoms with Gasteiger partial charge in [0.25, 0.3) is 0 Å². The summed E-state index contributed by atoms with van der Waals surface area (Å²) >= 11 is 2.64. The molecule has 0 aliphatic heterocycles. The largest absolute Gasteiger partial charge is 0.433 e. The molecule has 0 aliphatic rings. The van der Waals surface area contributed by atoms with Crippen LogP contribution in [-0.2, 0) is 6.18 Å². The van der Waals surface area contributed by atoms with Crippen molar-refractivity contribution in [2.24, 2.45) is 0 Å². The van der Waals surface area contributed by atoms with Gasteiger partial charge in [-0.3, -0.25) is 0 Å². The summed E-state index contributed by atoms with van der Waals surface area (Å²) in [5, 5.41) is 0. The highest BCUT2D eigenvalue weighted by molar-refractivity contribution is 9.10. The fourth-order valence-electron chi connectivity index (χ4n) is 1.06. The third-order valence-corrected chi connectivity index (χ3v) is 2.32. The number of nitrogen functional groups attached to an aromatic ring is 1. The number of anilines is 1. The Hall–Kier alpha value is -1.05. The van der Waals surface area contributed by atoms with Crippen LogP contribution < -0.4 is 10.5 Å². The Morgan fingerprint density at radius 3 is 2.25 bits per heavy atom. The fourth-order valence-corrected chi connectivity index (χ4v) is 1.63. The molecule has 0 heterocycles. The van der Waals surface area contributed by atoms with E-state index < -0.39 is 29.8 Å². The summed E-state index contributed by atoms with van der Waals surface area (Å²) in [6.07, 6.45) is -4.75. The van der Waals surface area contributed by atoms with Crippen molar-refractivity contribution in [1.29, 1.82) is 0 Å². The first-order valence-corrected chi connectivity index (χ1v) is 4.62. The molecule has 1 aromatic rings. The quantitative estimate of drug-likeness (QED) is 0.668. The first-order chi connectivity index (χ1) is 7.23. The second-order valence-electron chi connectivity index (χ2n) is 2.71. The van der Waals surface area contributed by atoms with Crippen molar-refractivity contribution in [2.45, 2.75) is 12.8 Å². The lowest BCUT2D eigenvalue weighted by Gasteiger charge is -2.15. The van der Waals surface area contributed by atoms with Crippen molar-refractivity contribution in [1.82, 2.24) is 0 Å². The molecule has 0 saturated heterocycles. The third kappa shape index (κ3) is 2.75. The van der Waals surface area contributed by atoms with Crippen LogP contribution in [0, 0.1) is 0 Å². The smallest absolute Gasteiger partial charge is 0.419 e. The standard InChI is InChI=1S/C8H5BrF5NO/c9-3-1-2-4(16-7(10)11)6(15)5(3)8(12,13)14/h1-2,7H,15H2. The molecule has 0 bridgehead atoms. The molecule has 90 valence electrons. The van der Waals surface area contributed by atoms with E-state index in [4.69, 9.17) is 5.73 Å². The van der Waals surface area contributed by atoms with Crippen molar-refractivity contribution >= 4 is 21.6 Å². The number of hydrogen-bond acceptors (Lipinski definition) is 2. The molecule has 2 N–H and O–H groups in total. The van der Waals surface area contributed by atoms with E-state index in [-0.39, 0.29) is 4.47 Å². The summed E-state index contributed by atoms with van der Waals surface area (Å²) in [4.78, 5) is 0. The van der Waals surface area contributed by atoms with Gasteiger partial charge in [-0.1, -0.05) is 15.9 Å². The highest BCUT2D eigenvalue weighted by atomic mass is 79.9. The van der Waals surface area contributed by atoms with Gasteiger partial charge in [-0.2, -0.15) is 22.0 Å². The van der Waals surface area contributed by atoms with Gasteiger partial charge in [0.05, 0.1) is 11.3 Å². The maximum absolute atomic E-state index is 12.5. The average Bonchev–Trinajstić information content (AvgIpc) is 2.07. The molecule has 0 radical (unpaired) electrons. The molecule has 0 unspecified atom stereocenters. The van der Waals surface area contributed by atoms with E-state index in [2.05, 4.69) is 20.7 Å². The lowest BCUT2D eigenvalue weighted by Crippen LogP contribution is -2.13. The lowest BCUT2D eigenvalue weighted by atomic mass is 10.1. The maximum Gasteiger partial charge on any atom is 0.419 e. The van der Waals surface area contributed by atoms with Gasteiger partial charge in [0.2, 0.25) is 0 Å². The summed E-state index contributed by atoms with van der Waals surface area (Å²) in [7, 11) is 0. The first-order valence-electron chi connectivity index (χ1n) is 3.83. The van der Waals surface area contributed by atoms with Gasteiger partial charge >= 0.3 is 12.8 Å². The molecule has 0 saturated carbocycles. The molecule has 0 fully saturated rings. The Morgan fingerprint density at radius 2 is 1.81 bits per heavy atom. The monoisotopic (exact) mass is 305 g/mol. The highest BCUT2D eigenvalue weighted by Gasteiger charge is 2.36. The number of rotatable bonds is 2. The fraction of sp³-hybridized carbons (Fsp3) is 0.250. The van der Waals surface area contributed by atoms with Crippen molar-refractivity contribution in [2.75, 3.05) is 5.73 Å². The topological polar surface area (TPSA) is 35.2 Å². The Labute approximate surface area is 95.3 Å². The molecule has 0 aromatic heterocycles. The molecule has 1 rings (SSSR count). The Bertz CT molecular complexity index is 393. The van der Waals surface area contributed by atoms with Crippen molar-refractivity contribution in [3.8, 4) is 5.75 Å². The van der Waals surface area contributed by atoms with Crippen molar-refractivity contribution < 1.29 is 26.7 Å². The van der Waals surface area contributed by atoms with Crippen LogP contribution in [0.1, 0.15) is 5.56 Å². The van der Waals surface area contributed by atoms with Crippen molar-refractivity contribution in [3.05, 3.63) is 22.2 Å². The predicted octanol–water partition coefficient (Wildman–Crippen LogP) is 3.65. The van der Waals surface area contributed by atoms with Crippen LogP contribution in [-0.4, -0.2) is 6.61 Å². The molecule has 8 heteroatoms. The van der Waals surface area contributed by atoms with Crippen LogP contribution in [0.2, 0.25) is 0 Å². The second-order valence-corrected chi connectivity index (χ2v) is 3.56. The van der Waals surface area contributed by atoms with Crippen LogP contribution in [0.5, 0.6) is 5.75 Å². The Kier molecular flexibility index (Phi) is 3.61. The summed E-state index contributed by atoms with van der Waals surface area (Å²) in [5.74, 6) is -0.703. The van der Waals surface area contributed by atoms with E-state index in [1.54, 1.807) is 0 Å². The number of alkyl halides is 5. The molecule has 16 heavy (non-hydrogen) atoms. The van der Waals surface area contributed by atoms with E-state index in [9.17, 15) is 22.0 Å². The summed E-state index contributed by atoms with van der Waals surface area (Å²) in [5.41, 5.74) is 3.01. The van der Waals surface area contributed by atoms with Gasteiger partial charge in [0, 0.05) is 4.47 Å². The Morgan fingerprint density at radius 1 is 1.25 bits per heavy atom. The predicted molar refractivity (Wildman–Crippen MR) is 50.2 cm³/mol. The minimum Gasteiger partial charge on any atom is -0.433 e. The van der Waals surface area contributed by atoms with E-state index >= 15 is 0 Å². The SMILES string of the molecule is Nc1c(OC(F)F)ccc(Br)c1C(F)(F)F. The van der Waals surface area contributed by atoms with E-state index in [0.717, 1.165) is 12.1 Å². The number of nitrogens with two attached hydrogens (primary N) is 1. The van der Waals surface area contributed by atoms with E-state index in [1.165, 1.54) is 0 Å². The minimum absolute atomic E-state index is 0.334. The molecular formula is C8H5BrF5NO. The Balaban J connectivity index is 3.28. The second kappa shape index (κ2) is 4.44. The van der Waals surface area contributed by atoms with Gasteiger partial charge in [-0.05, 0) is 12.1 Å². The number of benzene rings is 1. The van der Waals surface area contributed by atoms with Gasteiger partial charge < -0.3 is 10.5 Å². The molecule has 0 amide bonds. The van der Waals surface area contributed by atoms with Crippen LogP contribution in [0.25, 0.3) is 0 Å². The lowest BCUT2D eigenvalue weighted by molar-refractivity contribution is -0.137. The minimum atomic E-state index is -4.75. The van der Waals surface area contributed by atoms with Crippen LogP contribution in [0.3, 0.4) is 0 Å². The number of ether oxygens (including phenoxy) is 1. The van der Waals surface area contributed by atoms with Crippen LogP contribution in [0.4, 0.5) is 27.6 Å². The average molecular weight is 306 g/mol. The third-order valence-electron chi connectivity index (χ3n) is 1.65. The van der Waals surface area contributed by atoms with Crippen LogP contribution in [0.15, 0.2) is 16.6 Å². The maximum atomic E-state index is 12.5. The molecule has 0 spiro atoms. The number of hydrogen-bond donors (Lipinski definition) is 1. The van der Waals surface area contributed by atoms with Crippen molar-refractivity contribution in [3.63, 3.8) is 0 Å². The van der Waals surface area contributed by atoms with Gasteiger partial charge in [-0.15, -0.1) is 0 Å². The summed E-state index contributed by atoms with van der Waals surface area (Å²) < 4.78 is 64.7. The zero-order chi connectivity index (χ0) is 12.5. The first kappa shape index (κ1) is 13.0. The van der Waals surface area contributed by atoms with Gasteiger partial charge in [0.15, 0.2) is 0 Å².